The third kappa shape index (κ3) is 3.81. The zero-order valence-electron chi connectivity index (χ0n) is 17.7. The molecule has 0 atom stereocenters. The topological polar surface area (TPSA) is 58.6 Å². The number of aromatic nitrogens is 2. The smallest absolute Gasteiger partial charge is 0.262 e. The summed E-state index contributed by atoms with van der Waals surface area (Å²) in [5.74, 6) is 0.0292. The van der Waals surface area contributed by atoms with E-state index in [4.69, 9.17) is 16.3 Å². The van der Waals surface area contributed by atoms with E-state index in [1.54, 1.807) is 42.5 Å². The Labute approximate surface area is 185 Å². The molecule has 1 aromatic carbocycles. The minimum Gasteiger partial charge on any atom is -0.481 e. The van der Waals surface area contributed by atoms with Gasteiger partial charge in [-0.25, -0.2) is 14.4 Å². The van der Waals surface area contributed by atoms with Crippen LogP contribution in [0.25, 0.3) is 0 Å². The van der Waals surface area contributed by atoms with Crippen molar-refractivity contribution in [2.45, 2.75) is 26.7 Å². The molecule has 2 aromatic heterocycles. The van der Waals surface area contributed by atoms with Crippen LogP contribution in [0, 0.1) is 12.7 Å². The van der Waals surface area contributed by atoms with Gasteiger partial charge in [0.05, 0.1) is 35.9 Å². The first-order valence-corrected chi connectivity index (χ1v) is 10.2. The van der Waals surface area contributed by atoms with Gasteiger partial charge in [0.2, 0.25) is 5.88 Å². The molecule has 0 saturated heterocycles. The van der Waals surface area contributed by atoms with Crippen LogP contribution in [0.2, 0.25) is 5.15 Å². The number of ether oxygens (including phenoxy) is 1. The van der Waals surface area contributed by atoms with E-state index >= 15 is 0 Å². The van der Waals surface area contributed by atoms with Crippen molar-refractivity contribution in [2.24, 2.45) is 0 Å². The number of halogens is 2. The standard InChI is InChI=1S/C23H22ClFN4O2/c1-13(2)16-9-15(25)5-6-19(16)28-12-29(18-7-8-22(31-4)27-14(18)3)23(30)17-10-21(24)26-11-20(17)28/h5-11,13H,12H2,1-4H3. The lowest BCUT2D eigenvalue weighted by Crippen LogP contribution is -2.45. The van der Waals surface area contributed by atoms with Crippen LogP contribution in [-0.2, 0) is 0 Å². The summed E-state index contributed by atoms with van der Waals surface area (Å²) in [6.07, 6.45) is 1.58. The molecule has 0 N–H and O–H groups in total. The third-order valence-corrected chi connectivity index (χ3v) is 5.54. The molecule has 1 aliphatic rings. The second kappa shape index (κ2) is 8.15. The first-order valence-electron chi connectivity index (χ1n) is 9.86. The summed E-state index contributed by atoms with van der Waals surface area (Å²) in [5.41, 5.74) is 3.99. The summed E-state index contributed by atoms with van der Waals surface area (Å²) >= 11 is 6.12. The molecule has 0 spiro atoms. The van der Waals surface area contributed by atoms with Crippen LogP contribution < -0.4 is 14.5 Å². The van der Waals surface area contributed by atoms with Crippen molar-refractivity contribution in [2.75, 3.05) is 23.6 Å². The van der Waals surface area contributed by atoms with Crippen LogP contribution >= 0.6 is 11.6 Å². The summed E-state index contributed by atoms with van der Waals surface area (Å²) in [7, 11) is 1.54. The van der Waals surface area contributed by atoms with Gasteiger partial charge >= 0.3 is 0 Å². The van der Waals surface area contributed by atoms with Crippen LogP contribution in [0.4, 0.5) is 21.5 Å². The maximum Gasteiger partial charge on any atom is 0.262 e. The Morgan fingerprint density at radius 3 is 2.52 bits per heavy atom. The zero-order chi connectivity index (χ0) is 22.3. The van der Waals surface area contributed by atoms with Crippen LogP contribution in [0.1, 0.15) is 41.4 Å². The highest BCUT2D eigenvalue weighted by molar-refractivity contribution is 6.30. The number of carbonyl (C=O) groups is 1. The summed E-state index contributed by atoms with van der Waals surface area (Å²) in [6, 6.07) is 9.76. The van der Waals surface area contributed by atoms with Crippen molar-refractivity contribution in [1.29, 1.82) is 0 Å². The van der Waals surface area contributed by atoms with Crippen molar-refractivity contribution in [1.82, 2.24) is 9.97 Å². The molecule has 3 heterocycles. The molecule has 1 amide bonds. The summed E-state index contributed by atoms with van der Waals surface area (Å²) < 4.78 is 19.2. The molecule has 0 fully saturated rings. The summed E-state index contributed by atoms with van der Waals surface area (Å²) in [6.45, 7) is 6.05. The SMILES string of the molecule is COc1ccc(N2CN(c3ccc(F)cc3C(C)C)c3cnc(Cl)cc3C2=O)c(C)n1. The average molecular weight is 441 g/mol. The number of hydrogen-bond donors (Lipinski definition) is 0. The minimum absolute atomic E-state index is 0.0740. The molecule has 1 aliphatic heterocycles. The van der Waals surface area contributed by atoms with E-state index in [1.807, 2.05) is 25.7 Å². The van der Waals surface area contributed by atoms with Crippen molar-refractivity contribution in [3.8, 4) is 5.88 Å². The van der Waals surface area contributed by atoms with Crippen LogP contribution in [0.3, 0.4) is 0 Å². The van der Waals surface area contributed by atoms with E-state index < -0.39 is 0 Å². The molecule has 31 heavy (non-hydrogen) atoms. The van der Waals surface area contributed by atoms with Crippen LogP contribution in [-0.4, -0.2) is 29.7 Å². The van der Waals surface area contributed by atoms with E-state index in [2.05, 4.69) is 9.97 Å². The maximum atomic E-state index is 14.0. The number of fused-ring (bicyclic) bond motifs is 1. The Morgan fingerprint density at radius 2 is 1.84 bits per heavy atom. The lowest BCUT2D eigenvalue weighted by molar-refractivity contribution is 0.0983. The monoisotopic (exact) mass is 440 g/mol. The van der Waals surface area contributed by atoms with Gasteiger partial charge in [-0.2, -0.15) is 0 Å². The number of nitrogens with zero attached hydrogens (tertiary/aromatic N) is 4. The predicted octanol–water partition coefficient (Wildman–Crippen LogP) is 5.47. The first-order chi connectivity index (χ1) is 14.8. The van der Waals surface area contributed by atoms with Crippen LogP contribution in [0.15, 0.2) is 42.6 Å². The van der Waals surface area contributed by atoms with Gasteiger partial charge in [0.15, 0.2) is 0 Å². The fourth-order valence-corrected chi connectivity index (χ4v) is 3.95. The Hall–Kier alpha value is -3.19. The maximum absolute atomic E-state index is 14.0. The number of aryl methyl sites for hydroxylation is 1. The van der Waals surface area contributed by atoms with Crippen molar-refractivity contribution in [3.63, 3.8) is 0 Å². The average Bonchev–Trinajstić information content (AvgIpc) is 2.74. The molecular weight excluding hydrogens is 419 g/mol. The Bertz CT molecular complexity index is 1170. The number of anilines is 3. The number of benzene rings is 1. The van der Waals surface area contributed by atoms with Gasteiger partial charge in [0.1, 0.15) is 17.6 Å². The lowest BCUT2D eigenvalue weighted by atomic mass is 9.99. The molecule has 0 unspecified atom stereocenters. The molecule has 160 valence electrons. The van der Waals surface area contributed by atoms with Crippen molar-refractivity contribution < 1.29 is 13.9 Å². The molecule has 0 bridgehead atoms. The highest BCUT2D eigenvalue weighted by Crippen LogP contribution is 2.40. The Morgan fingerprint density at radius 1 is 1.10 bits per heavy atom. The van der Waals surface area contributed by atoms with Crippen molar-refractivity contribution >= 4 is 34.6 Å². The lowest BCUT2D eigenvalue weighted by Gasteiger charge is -2.39. The Balaban J connectivity index is 1.89. The molecule has 6 nitrogen and oxygen atoms in total. The van der Waals surface area contributed by atoms with Gasteiger partial charge in [-0.3, -0.25) is 9.69 Å². The molecule has 8 heteroatoms. The first kappa shape index (κ1) is 21.1. The zero-order valence-corrected chi connectivity index (χ0v) is 18.4. The third-order valence-electron chi connectivity index (χ3n) is 5.33. The van der Waals surface area contributed by atoms with Gasteiger partial charge < -0.3 is 9.64 Å². The van der Waals surface area contributed by atoms with E-state index in [0.29, 0.717) is 28.5 Å². The molecule has 0 saturated carbocycles. The van der Waals surface area contributed by atoms with Crippen LogP contribution in [0.5, 0.6) is 5.88 Å². The van der Waals surface area contributed by atoms with Gasteiger partial charge in [-0.15, -0.1) is 0 Å². The largest absolute Gasteiger partial charge is 0.481 e. The normalized spacial score (nSPS) is 13.6. The number of carbonyl (C=O) groups excluding carboxylic acids is 1. The number of hydrogen-bond acceptors (Lipinski definition) is 5. The Kier molecular flexibility index (Phi) is 5.54. The predicted molar refractivity (Wildman–Crippen MR) is 119 cm³/mol. The second-order valence-corrected chi connectivity index (χ2v) is 8.03. The van der Waals surface area contributed by atoms with Gasteiger partial charge in [0.25, 0.3) is 5.91 Å². The molecule has 4 rings (SSSR count). The van der Waals surface area contributed by atoms with E-state index in [-0.39, 0.29) is 29.5 Å². The number of methoxy groups -OCH3 is 1. The highest BCUT2D eigenvalue weighted by atomic mass is 35.5. The van der Waals surface area contributed by atoms with E-state index in [0.717, 1.165) is 11.3 Å². The molecule has 3 aromatic rings. The van der Waals surface area contributed by atoms with E-state index in [1.165, 1.54) is 12.1 Å². The second-order valence-electron chi connectivity index (χ2n) is 7.64. The minimum atomic E-state index is -0.304. The van der Waals surface area contributed by atoms with E-state index in [9.17, 15) is 9.18 Å². The van der Waals surface area contributed by atoms with Gasteiger partial charge in [-0.05, 0) is 48.7 Å². The summed E-state index contributed by atoms with van der Waals surface area (Å²) in [5, 5.41) is 0.224. The fraction of sp³-hybridized carbons (Fsp3) is 0.261. The van der Waals surface area contributed by atoms with Crippen molar-refractivity contribution in [3.05, 3.63) is 70.4 Å². The molecular formula is C23H22ClFN4O2. The summed E-state index contributed by atoms with van der Waals surface area (Å²) in [4.78, 5) is 25.6. The highest BCUT2D eigenvalue weighted by Gasteiger charge is 2.34. The number of rotatable bonds is 4. The fourth-order valence-electron chi connectivity index (χ4n) is 3.79. The number of amides is 1. The quantitative estimate of drug-likeness (QED) is 0.504. The molecule has 0 radical (unpaired) electrons. The molecule has 0 aliphatic carbocycles. The number of pyridine rings is 2. The van der Waals surface area contributed by atoms with Gasteiger partial charge in [-0.1, -0.05) is 25.4 Å². The van der Waals surface area contributed by atoms with Gasteiger partial charge in [0, 0.05) is 11.8 Å².